The summed E-state index contributed by atoms with van der Waals surface area (Å²) in [5.41, 5.74) is 0. The van der Waals surface area contributed by atoms with E-state index in [1.165, 1.54) is 9.75 Å². The van der Waals surface area contributed by atoms with Gasteiger partial charge in [0, 0.05) is 9.75 Å². The molecule has 4 heteroatoms. The van der Waals surface area contributed by atoms with E-state index in [2.05, 4.69) is 24.3 Å². The van der Waals surface area contributed by atoms with E-state index >= 15 is 0 Å². The highest BCUT2D eigenvalue weighted by Crippen LogP contribution is 2.40. The topological polar surface area (TPSA) is 26.3 Å². The molecular formula is C18H14O2S2. The summed E-state index contributed by atoms with van der Waals surface area (Å²) in [6, 6.07) is 16.6. The molecule has 0 atom stereocenters. The first kappa shape index (κ1) is 13.6. The molecule has 0 spiro atoms. The minimum Gasteiger partial charge on any atom is -0.461 e. The molecule has 0 fully saturated rings. The first-order chi connectivity index (χ1) is 10.7. The molecule has 0 aromatic carbocycles. The molecule has 0 aliphatic heterocycles. The van der Waals surface area contributed by atoms with E-state index in [1.807, 2.05) is 38.1 Å². The highest BCUT2D eigenvalue weighted by atomic mass is 32.1. The first-order valence-electron chi connectivity index (χ1n) is 7.03. The van der Waals surface area contributed by atoms with Crippen molar-refractivity contribution in [3.63, 3.8) is 0 Å². The molecule has 0 unspecified atom stereocenters. The average molecular weight is 326 g/mol. The van der Waals surface area contributed by atoms with Crippen molar-refractivity contribution in [2.45, 2.75) is 13.8 Å². The lowest BCUT2D eigenvalue weighted by Gasteiger charge is -1.92. The van der Waals surface area contributed by atoms with Gasteiger partial charge in [-0.05, 0) is 62.4 Å². The summed E-state index contributed by atoms with van der Waals surface area (Å²) in [5.74, 6) is 3.76. The van der Waals surface area contributed by atoms with Crippen LogP contribution in [0.1, 0.15) is 11.5 Å². The molecule has 110 valence electrons. The Kier molecular flexibility index (Phi) is 3.28. The monoisotopic (exact) mass is 326 g/mol. The van der Waals surface area contributed by atoms with Crippen LogP contribution in [0.5, 0.6) is 0 Å². The molecule has 0 amide bonds. The van der Waals surface area contributed by atoms with Crippen LogP contribution in [0.15, 0.2) is 57.4 Å². The molecule has 0 N–H and O–H groups in total. The van der Waals surface area contributed by atoms with E-state index in [0.717, 1.165) is 32.8 Å². The van der Waals surface area contributed by atoms with Crippen molar-refractivity contribution in [1.82, 2.24) is 0 Å². The van der Waals surface area contributed by atoms with E-state index in [4.69, 9.17) is 8.83 Å². The maximum Gasteiger partial charge on any atom is 0.144 e. The van der Waals surface area contributed by atoms with Crippen LogP contribution in [-0.2, 0) is 0 Å². The van der Waals surface area contributed by atoms with Gasteiger partial charge in [0.05, 0.1) is 9.75 Å². The van der Waals surface area contributed by atoms with Crippen LogP contribution in [0.3, 0.4) is 0 Å². The van der Waals surface area contributed by atoms with Crippen LogP contribution in [0.2, 0.25) is 0 Å². The Morgan fingerprint density at radius 2 is 0.955 bits per heavy atom. The van der Waals surface area contributed by atoms with Gasteiger partial charge in [0.25, 0.3) is 0 Å². The molecule has 4 aromatic rings. The average Bonchev–Trinajstić information content (AvgIpc) is 3.24. The van der Waals surface area contributed by atoms with Gasteiger partial charge in [0.1, 0.15) is 23.0 Å². The largest absolute Gasteiger partial charge is 0.461 e. The van der Waals surface area contributed by atoms with E-state index in [-0.39, 0.29) is 0 Å². The lowest BCUT2D eigenvalue weighted by atomic mass is 10.3. The Bertz CT molecular complexity index is 844. The summed E-state index contributed by atoms with van der Waals surface area (Å²) in [6.07, 6.45) is 0. The normalized spacial score (nSPS) is 11.2. The molecule has 0 bridgehead atoms. The van der Waals surface area contributed by atoms with Gasteiger partial charge in [-0.2, -0.15) is 0 Å². The number of thiophene rings is 2. The van der Waals surface area contributed by atoms with Crippen molar-refractivity contribution in [3.05, 3.63) is 60.1 Å². The van der Waals surface area contributed by atoms with Gasteiger partial charge < -0.3 is 8.83 Å². The zero-order valence-electron chi connectivity index (χ0n) is 12.3. The maximum absolute atomic E-state index is 5.69. The van der Waals surface area contributed by atoms with Crippen molar-refractivity contribution in [2.75, 3.05) is 0 Å². The standard InChI is InChI=1S/C18H14O2S2/c1-11-3-5-13(19-11)15-7-9-17(21-15)18-10-8-16(22-18)14-6-4-12(2)20-14/h3-10H,1-2H3. The highest BCUT2D eigenvalue weighted by Gasteiger charge is 2.11. The van der Waals surface area contributed by atoms with Crippen molar-refractivity contribution >= 4 is 22.7 Å². The van der Waals surface area contributed by atoms with E-state index in [0.29, 0.717) is 0 Å². The Morgan fingerprint density at radius 3 is 1.32 bits per heavy atom. The van der Waals surface area contributed by atoms with Gasteiger partial charge in [-0.25, -0.2) is 0 Å². The summed E-state index contributed by atoms with van der Waals surface area (Å²) in [5, 5.41) is 0. The number of hydrogen-bond acceptors (Lipinski definition) is 4. The predicted octanol–water partition coefficient (Wildman–Crippen LogP) is 6.61. The van der Waals surface area contributed by atoms with Crippen LogP contribution < -0.4 is 0 Å². The molecule has 4 aromatic heterocycles. The van der Waals surface area contributed by atoms with Crippen molar-refractivity contribution < 1.29 is 8.83 Å². The zero-order chi connectivity index (χ0) is 15.1. The number of aryl methyl sites for hydroxylation is 2. The summed E-state index contributed by atoms with van der Waals surface area (Å²) < 4.78 is 11.4. The Hall–Kier alpha value is -2.04. The minimum atomic E-state index is 0.937. The zero-order valence-corrected chi connectivity index (χ0v) is 13.9. The molecule has 4 rings (SSSR count). The van der Waals surface area contributed by atoms with Gasteiger partial charge in [-0.1, -0.05) is 0 Å². The lowest BCUT2D eigenvalue weighted by molar-refractivity contribution is 0.549. The fraction of sp³-hybridized carbons (Fsp3) is 0.111. The number of rotatable bonds is 3. The van der Waals surface area contributed by atoms with Crippen LogP contribution in [0.4, 0.5) is 0 Å². The van der Waals surface area contributed by atoms with Gasteiger partial charge in [0.15, 0.2) is 0 Å². The van der Waals surface area contributed by atoms with Crippen LogP contribution in [-0.4, -0.2) is 0 Å². The minimum absolute atomic E-state index is 0.937. The third-order valence-electron chi connectivity index (χ3n) is 3.42. The number of furan rings is 2. The molecule has 22 heavy (non-hydrogen) atoms. The Balaban J connectivity index is 1.65. The van der Waals surface area contributed by atoms with Crippen molar-refractivity contribution in [1.29, 1.82) is 0 Å². The summed E-state index contributed by atoms with van der Waals surface area (Å²) >= 11 is 3.50. The Morgan fingerprint density at radius 1 is 0.545 bits per heavy atom. The molecule has 0 aliphatic rings. The second-order valence-corrected chi connectivity index (χ2v) is 7.32. The van der Waals surface area contributed by atoms with Gasteiger partial charge in [0.2, 0.25) is 0 Å². The quantitative estimate of drug-likeness (QED) is 0.423. The molecular weight excluding hydrogens is 312 g/mol. The second kappa shape index (κ2) is 5.30. The fourth-order valence-electron chi connectivity index (χ4n) is 2.34. The molecule has 4 heterocycles. The fourth-order valence-corrected chi connectivity index (χ4v) is 4.37. The van der Waals surface area contributed by atoms with Gasteiger partial charge in [-0.3, -0.25) is 0 Å². The van der Waals surface area contributed by atoms with Crippen molar-refractivity contribution in [3.8, 4) is 31.0 Å². The van der Waals surface area contributed by atoms with Crippen LogP contribution in [0.25, 0.3) is 31.0 Å². The lowest BCUT2D eigenvalue weighted by Crippen LogP contribution is -1.61. The van der Waals surface area contributed by atoms with Crippen molar-refractivity contribution in [2.24, 2.45) is 0 Å². The molecule has 0 saturated carbocycles. The van der Waals surface area contributed by atoms with Gasteiger partial charge in [-0.15, -0.1) is 22.7 Å². The van der Waals surface area contributed by atoms with Crippen LogP contribution in [0, 0.1) is 13.8 Å². The SMILES string of the molecule is Cc1ccc(-c2ccc(-c3ccc(-c4ccc(C)o4)s3)s2)o1. The molecule has 0 radical (unpaired) electrons. The number of hydrogen-bond donors (Lipinski definition) is 0. The Labute approximate surface area is 136 Å². The molecule has 0 aliphatic carbocycles. The van der Waals surface area contributed by atoms with E-state index in [1.54, 1.807) is 22.7 Å². The molecule has 0 saturated heterocycles. The second-order valence-electron chi connectivity index (χ2n) is 5.15. The molecule has 2 nitrogen and oxygen atoms in total. The maximum atomic E-state index is 5.69. The predicted molar refractivity (Wildman–Crippen MR) is 92.5 cm³/mol. The van der Waals surface area contributed by atoms with E-state index < -0.39 is 0 Å². The summed E-state index contributed by atoms with van der Waals surface area (Å²) in [7, 11) is 0. The van der Waals surface area contributed by atoms with Crippen LogP contribution >= 0.6 is 22.7 Å². The summed E-state index contributed by atoms with van der Waals surface area (Å²) in [6.45, 7) is 3.93. The first-order valence-corrected chi connectivity index (χ1v) is 8.66. The van der Waals surface area contributed by atoms with Gasteiger partial charge >= 0.3 is 0 Å². The third kappa shape index (κ3) is 2.45. The third-order valence-corrected chi connectivity index (χ3v) is 5.82. The smallest absolute Gasteiger partial charge is 0.144 e. The highest BCUT2D eigenvalue weighted by molar-refractivity contribution is 7.25. The summed E-state index contributed by atoms with van der Waals surface area (Å²) in [4.78, 5) is 4.82. The van der Waals surface area contributed by atoms with E-state index in [9.17, 15) is 0 Å².